The number of benzene rings is 2. The molecule has 2 aromatic heterocycles. The predicted molar refractivity (Wildman–Crippen MR) is 92.8 cm³/mol. The summed E-state index contributed by atoms with van der Waals surface area (Å²) in [5.41, 5.74) is 5.76. The normalized spacial score (nSPS) is 15.1. The lowest BCUT2D eigenvalue weighted by atomic mass is 9.75. The van der Waals surface area contributed by atoms with E-state index in [-0.39, 0.29) is 5.41 Å². The van der Waals surface area contributed by atoms with Crippen LogP contribution < -0.4 is 0 Å². The molecule has 0 aliphatic carbocycles. The Bertz CT molecular complexity index is 1100. The predicted octanol–water partition coefficient (Wildman–Crippen LogP) is 4.50. The first kappa shape index (κ1) is 12.8. The van der Waals surface area contributed by atoms with Gasteiger partial charge in [-0.1, -0.05) is 38.1 Å². The van der Waals surface area contributed by atoms with E-state index in [2.05, 4.69) is 66.6 Å². The van der Waals surface area contributed by atoms with Crippen molar-refractivity contribution < 1.29 is 0 Å². The van der Waals surface area contributed by atoms with Crippen LogP contribution >= 0.6 is 0 Å². The topological polar surface area (TPSA) is 30.2 Å². The van der Waals surface area contributed by atoms with Crippen molar-refractivity contribution in [2.45, 2.75) is 26.2 Å². The molecule has 5 rings (SSSR count). The van der Waals surface area contributed by atoms with Gasteiger partial charge < -0.3 is 0 Å². The van der Waals surface area contributed by atoms with Crippen molar-refractivity contribution in [3.8, 4) is 11.4 Å². The fraction of sp³-hybridized carbons (Fsp3) is 0.200. The van der Waals surface area contributed by atoms with Gasteiger partial charge in [-0.3, -0.25) is 4.40 Å². The van der Waals surface area contributed by atoms with Crippen LogP contribution in [0, 0.1) is 6.92 Å². The molecule has 3 heterocycles. The number of aryl methyl sites for hydroxylation is 1. The Morgan fingerprint density at radius 2 is 1.74 bits per heavy atom. The first-order chi connectivity index (χ1) is 11.1. The van der Waals surface area contributed by atoms with E-state index in [9.17, 15) is 0 Å². The minimum absolute atomic E-state index is 0.0983. The second kappa shape index (κ2) is 3.99. The van der Waals surface area contributed by atoms with Crippen molar-refractivity contribution in [3.63, 3.8) is 0 Å². The summed E-state index contributed by atoms with van der Waals surface area (Å²) in [4.78, 5) is 9.44. The number of imidazole rings is 1. The van der Waals surface area contributed by atoms with E-state index in [4.69, 9.17) is 4.98 Å². The number of hydrogen-bond acceptors (Lipinski definition) is 2. The number of hydrogen-bond donors (Lipinski definition) is 0. The molecule has 1 aliphatic heterocycles. The van der Waals surface area contributed by atoms with E-state index in [1.165, 1.54) is 27.6 Å². The summed E-state index contributed by atoms with van der Waals surface area (Å²) in [6.07, 6.45) is 1.86. The maximum absolute atomic E-state index is 4.76. The van der Waals surface area contributed by atoms with Crippen LogP contribution in [-0.4, -0.2) is 14.4 Å². The minimum atomic E-state index is -0.0983. The Balaban J connectivity index is 2.03. The molecule has 0 saturated carbocycles. The lowest BCUT2D eigenvalue weighted by molar-refractivity contribution is 0.595. The average Bonchev–Trinajstić information content (AvgIpc) is 2.89. The minimum Gasteiger partial charge on any atom is -0.280 e. The second-order valence-corrected chi connectivity index (χ2v) is 6.88. The van der Waals surface area contributed by atoms with Crippen LogP contribution in [0.2, 0.25) is 0 Å². The van der Waals surface area contributed by atoms with Crippen molar-refractivity contribution in [1.82, 2.24) is 14.4 Å². The molecule has 3 nitrogen and oxygen atoms in total. The van der Waals surface area contributed by atoms with Crippen molar-refractivity contribution in [2.24, 2.45) is 0 Å². The zero-order valence-corrected chi connectivity index (χ0v) is 13.5. The molecule has 0 spiro atoms. The Labute approximate surface area is 134 Å². The van der Waals surface area contributed by atoms with Crippen LogP contribution in [0.5, 0.6) is 0 Å². The zero-order valence-electron chi connectivity index (χ0n) is 13.5. The standard InChI is InChI=1S/C20H17N3/c1-12-18-20(2,3)16-11-14-7-5-4-6-13(14)10-15(16)19-21-9-8-17(22-12)23(18)19/h4-11H,1-3H3. The van der Waals surface area contributed by atoms with E-state index in [0.717, 1.165) is 17.2 Å². The van der Waals surface area contributed by atoms with Gasteiger partial charge in [-0.15, -0.1) is 0 Å². The van der Waals surface area contributed by atoms with Crippen LogP contribution in [0.25, 0.3) is 27.8 Å². The molecule has 4 aromatic rings. The van der Waals surface area contributed by atoms with Crippen LogP contribution in [0.1, 0.15) is 30.8 Å². The van der Waals surface area contributed by atoms with Gasteiger partial charge in [0.2, 0.25) is 0 Å². The summed E-state index contributed by atoms with van der Waals surface area (Å²) in [5.74, 6) is 0.998. The average molecular weight is 299 g/mol. The molecular weight excluding hydrogens is 282 g/mol. The van der Waals surface area contributed by atoms with E-state index in [1.54, 1.807) is 0 Å². The third kappa shape index (κ3) is 1.49. The molecule has 0 fully saturated rings. The van der Waals surface area contributed by atoms with Gasteiger partial charge in [0.1, 0.15) is 11.5 Å². The number of fused-ring (bicyclic) bond motifs is 3. The molecule has 1 aliphatic rings. The van der Waals surface area contributed by atoms with Crippen molar-refractivity contribution in [1.29, 1.82) is 0 Å². The molecule has 23 heavy (non-hydrogen) atoms. The Hall–Kier alpha value is -2.68. The van der Waals surface area contributed by atoms with Crippen LogP contribution in [0.3, 0.4) is 0 Å². The van der Waals surface area contributed by atoms with Crippen molar-refractivity contribution >= 4 is 16.4 Å². The molecule has 112 valence electrons. The molecule has 0 unspecified atom stereocenters. The molecule has 0 N–H and O–H groups in total. The van der Waals surface area contributed by atoms with Gasteiger partial charge >= 0.3 is 0 Å². The fourth-order valence-electron chi connectivity index (χ4n) is 4.10. The summed E-state index contributed by atoms with van der Waals surface area (Å²) >= 11 is 0. The van der Waals surface area contributed by atoms with Crippen molar-refractivity contribution in [3.05, 3.63) is 65.6 Å². The number of aromatic nitrogens is 3. The smallest absolute Gasteiger partial charge is 0.146 e. The molecule has 0 saturated heterocycles. The van der Waals surface area contributed by atoms with E-state index in [0.29, 0.717) is 0 Å². The third-order valence-corrected chi connectivity index (χ3v) is 5.10. The summed E-state index contributed by atoms with van der Waals surface area (Å²) in [6, 6.07) is 15.1. The number of rotatable bonds is 0. The highest BCUT2D eigenvalue weighted by atomic mass is 15.1. The molecular formula is C20H17N3. The van der Waals surface area contributed by atoms with Crippen molar-refractivity contribution in [2.75, 3.05) is 0 Å². The SMILES string of the molecule is Cc1nc2ccnc3n2c1C(C)(C)c1cc2ccccc2cc1-3. The third-order valence-electron chi connectivity index (χ3n) is 5.10. The van der Waals surface area contributed by atoms with E-state index in [1.807, 2.05) is 12.3 Å². The maximum atomic E-state index is 4.76. The highest BCUT2D eigenvalue weighted by Crippen LogP contribution is 2.45. The van der Waals surface area contributed by atoms with Gasteiger partial charge in [-0.25, -0.2) is 9.97 Å². The number of nitrogens with zero attached hydrogens (tertiary/aromatic N) is 3. The Morgan fingerprint density at radius 3 is 2.52 bits per heavy atom. The quantitative estimate of drug-likeness (QED) is 0.478. The maximum Gasteiger partial charge on any atom is 0.146 e. The first-order valence-electron chi connectivity index (χ1n) is 7.95. The lowest BCUT2D eigenvalue weighted by Gasteiger charge is -2.33. The highest BCUT2D eigenvalue weighted by molar-refractivity contribution is 5.90. The molecule has 0 radical (unpaired) electrons. The summed E-state index contributed by atoms with van der Waals surface area (Å²) < 4.78 is 2.23. The molecule has 0 atom stereocenters. The largest absolute Gasteiger partial charge is 0.280 e. The van der Waals surface area contributed by atoms with Crippen LogP contribution in [-0.2, 0) is 5.41 Å². The van der Waals surface area contributed by atoms with Gasteiger partial charge in [0.05, 0.1) is 11.4 Å². The summed E-state index contributed by atoms with van der Waals surface area (Å²) in [7, 11) is 0. The van der Waals surface area contributed by atoms with Gasteiger partial charge in [-0.05, 0) is 41.5 Å². The van der Waals surface area contributed by atoms with Gasteiger partial charge in [-0.2, -0.15) is 0 Å². The molecule has 0 amide bonds. The highest BCUT2D eigenvalue weighted by Gasteiger charge is 2.37. The van der Waals surface area contributed by atoms with E-state index >= 15 is 0 Å². The lowest BCUT2D eigenvalue weighted by Crippen LogP contribution is -2.27. The summed E-state index contributed by atoms with van der Waals surface area (Å²) in [6.45, 7) is 6.67. The molecule has 3 heteroatoms. The monoisotopic (exact) mass is 299 g/mol. The van der Waals surface area contributed by atoms with Gasteiger partial charge in [0.25, 0.3) is 0 Å². The van der Waals surface area contributed by atoms with Gasteiger partial charge in [0, 0.05) is 17.2 Å². The Morgan fingerprint density at radius 1 is 1.00 bits per heavy atom. The Kier molecular flexibility index (Phi) is 2.22. The van der Waals surface area contributed by atoms with Crippen LogP contribution in [0.4, 0.5) is 0 Å². The molecule has 2 aromatic carbocycles. The first-order valence-corrected chi connectivity index (χ1v) is 7.95. The van der Waals surface area contributed by atoms with E-state index < -0.39 is 0 Å². The fourth-order valence-corrected chi connectivity index (χ4v) is 4.10. The molecule has 0 bridgehead atoms. The van der Waals surface area contributed by atoms with Crippen LogP contribution in [0.15, 0.2) is 48.7 Å². The van der Waals surface area contributed by atoms with Gasteiger partial charge in [0.15, 0.2) is 0 Å². The zero-order chi connectivity index (χ0) is 15.8. The summed E-state index contributed by atoms with van der Waals surface area (Å²) in [5, 5.41) is 2.53. The second-order valence-electron chi connectivity index (χ2n) is 6.88.